The van der Waals surface area contributed by atoms with Crippen LogP contribution in [-0.2, 0) is 25.2 Å². The maximum absolute atomic E-state index is 11.8. The van der Waals surface area contributed by atoms with E-state index in [1.807, 2.05) is 0 Å². The van der Waals surface area contributed by atoms with Gasteiger partial charge in [0.25, 0.3) is 8.18 Å². The Hall–Kier alpha value is -1.76. The van der Waals surface area contributed by atoms with Gasteiger partial charge in [-0.3, -0.25) is 19.1 Å². The maximum Gasteiger partial charge on any atom is 0.323 e. The van der Waals surface area contributed by atoms with Gasteiger partial charge >= 0.3 is 5.97 Å². The minimum atomic E-state index is -2.74. The second-order valence-corrected chi connectivity index (χ2v) is 6.33. The van der Waals surface area contributed by atoms with E-state index in [0.29, 0.717) is 17.5 Å². The summed E-state index contributed by atoms with van der Waals surface area (Å²) in [5.41, 5.74) is 0.659. The minimum absolute atomic E-state index is 0.0413. The van der Waals surface area contributed by atoms with Crippen molar-refractivity contribution in [1.82, 2.24) is 10.1 Å². The molecular weight excluding hydrogens is 323 g/mol. The van der Waals surface area contributed by atoms with Crippen molar-refractivity contribution < 1.29 is 28.5 Å². The van der Waals surface area contributed by atoms with E-state index in [0.717, 1.165) is 0 Å². The van der Waals surface area contributed by atoms with Crippen molar-refractivity contribution in [3.05, 3.63) is 23.0 Å². The van der Waals surface area contributed by atoms with Crippen LogP contribution >= 0.6 is 8.18 Å². The number of carbonyl (C=O) groups excluding carboxylic acids is 2. The molecule has 2 atom stereocenters. The molecule has 0 fully saturated rings. The second kappa shape index (κ2) is 8.76. The van der Waals surface area contributed by atoms with Crippen molar-refractivity contribution in [2.75, 3.05) is 0 Å². The van der Waals surface area contributed by atoms with Gasteiger partial charge in [0.2, 0.25) is 0 Å². The quantitative estimate of drug-likeness (QED) is 0.416. The van der Waals surface area contributed by atoms with E-state index in [1.54, 1.807) is 20.8 Å². The lowest BCUT2D eigenvalue weighted by atomic mass is 10.1. The van der Waals surface area contributed by atoms with Crippen molar-refractivity contribution in [2.24, 2.45) is 0 Å². The van der Waals surface area contributed by atoms with Crippen molar-refractivity contribution in [3.8, 4) is 5.75 Å². The Morgan fingerprint density at radius 3 is 2.70 bits per heavy atom. The number of aryl methyl sites for hydroxylation is 1. The van der Waals surface area contributed by atoms with Crippen LogP contribution < -0.4 is 5.09 Å². The highest BCUT2D eigenvalue weighted by atomic mass is 31.1. The zero-order valence-electron chi connectivity index (χ0n) is 13.5. The van der Waals surface area contributed by atoms with Crippen molar-refractivity contribution in [3.63, 3.8) is 0 Å². The first-order chi connectivity index (χ1) is 10.8. The third-order valence-corrected chi connectivity index (χ3v) is 3.95. The first-order valence-corrected chi connectivity index (χ1v) is 8.34. The number of esters is 1. The van der Waals surface area contributed by atoms with Crippen LogP contribution in [0.15, 0.2) is 6.20 Å². The molecule has 0 amide bonds. The Balaban J connectivity index is 2.62. The molecule has 1 rings (SSSR count). The molecule has 8 nitrogen and oxygen atoms in total. The van der Waals surface area contributed by atoms with Gasteiger partial charge in [0.15, 0.2) is 6.29 Å². The fourth-order valence-corrected chi connectivity index (χ4v) is 2.50. The molecule has 2 N–H and O–H groups in total. The number of hydrogen-bond donors (Lipinski definition) is 2. The van der Waals surface area contributed by atoms with Gasteiger partial charge in [-0.25, -0.2) is 5.09 Å². The molecule has 0 saturated heterocycles. The van der Waals surface area contributed by atoms with Crippen LogP contribution in [0, 0.1) is 6.92 Å². The van der Waals surface area contributed by atoms with E-state index in [4.69, 9.17) is 9.26 Å². The Morgan fingerprint density at radius 1 is 1.48 bits per heavy atom. The summed E-state index contributed by atoms with van der Waals surface area (Å²) in [6.07, 6.45) is 1.58. The van der Waals surface area contributed by atoms with Crippen molar-refractivity contribution >= 4 is 20.4 Å². The molecule has 0 aliphatic carbocycles. The molecule has 0 saturated carbocycles. The van der Waals surface area contributed by atoms with Gasteiger partial charge in [-0.1, -0.05) is 0 Å². The summed E-state index contributed by atoms with van der Waals surface area (Å²) in [6, 6.07) is -0.793. The molecule has 0 aliphatic heterocycles. The Kier molecular flexibility index (Phi) is 7.35. The molecule has 0 aliphatic rings. The average molecular weight is 344 g/mol. The molecule has 0 spiro atoms. The number of aldehydes is 1. The molecule has 9 heteroatoms. The van der Waals surface area contributed by atoms with Gasteiger partial charge < -0.3 is 14.4 Å². The highest BCUT2D eigenvalue weighted by molar-refractivity contribution is 7.36. The number of hydrogen-bond acceptors (Lipinski definition) is 7. The fraction of sp³-hybridized carbons (Fsp3) is 0.500. The maximum atomic E-state index is 11.8. The van der Waals surface area contributed by atoms with E-state index < -0.39 is 20.2 Å². The van der Waals surface area contributed by atoms with Crippen molar-refractivity contribution in [1.29, 1.82) is 0 Å². The summed E-state index contributed by atoms with van der Waals surface area (Å²) in [5.74, 6) is -0.771. The number of pyridine rings is 1. The summed E-state index contributed by atoms with van der Waals surface area (Å²) in [4.78, 5) is 26.5. The highest BCUT2D eigenvalue weighted by Crippen LogP contribution is 2.26. The Morgan fingerprint density at radius 2 is 2.13 bits per heavy atom. The van der Waals surface area contributed by atoms with Gasteiger partial charge in [0.05, 0.1) is 24.0 Å². The Bertz CT molecular complexity index is 605. The SMILES string of the molecule is Cc1ncc(CO[PH](=O)N[C@@H](C)C(=O)OC(C)C)c(C=O)c1O. The molecule has 128 valence electrons. The minimum Gasteiger partial charge on any atom is -0.505 e. The molecular formula is C14H21N2O6P. The van der Waals surface area contributed by atoms with E-state index in [9.17, 15) is 19.3 Å². The zero-order valence-corrected chi connectivity index (χ0v) is 14.5. The molecule has 1 aromatic rings. The second-order valence-electron chi connectivity index (χ2n) is 5.18. The van der Waals surface area contributed by atoms with Gasteiger partial charge in [0.1, 0.15) is 11.8 Å². The summed E-state index contributed by atoms with van der Waals surface area (Å²) in [6.45, 7) is 6.29. The molecule has 1 unspecified atom stereocenters. The molecule has 0 radical (unpaired) electrons. The van der Waals surface area contributed by atoms with E-state index in [1.165, 1.54) is 13.1 Å². The zero-order chi connectivity index (χ0) is 17.6. The number of aromatic nitrogens is 1. The van der Waals surface area contributed by atoms with Crippen LogP contribution in [0.2, 0.25) is 0 Å². The van der Waals surface area contributed by atoms with E-state index in [2.05, 4.69) is 10.1 Å². The predicted octanol–water partition coefficient (Wildman–Crippen LogP) is 1.74. The van der Waals surface area contributed by atoms with Gasteiger partial charge in [-0.15, -0.1) is 0 Å². The topological polar surface area (TPSA) is 115 Å². The fourth-order valence-electron chi connectivity index (χ4n) is 1.65. The number of carbonyl (C=O) groups is 2. The largest absolute Gasteiger partial charge is 0.505 e. The van der Waals surface area contributed by atoms with Crippen molar-refractivity contribution in [2.45, 2.75) is 46.4 Å². The molecule has 23 heavy (non-hydrogen) atoms. The van der Waals surface area contributed by atoms with E-state index in [-0.39, 0.29) is 24.0 Å². The number of nitrogens with zero attached hydrogens (tertiary/aromatic N) is 1. The lowest BCUT2D eigenvalue weighted by molar-refractivity contribution is -0.149. The summed E-state index contributed by atoms with van der Waals surface area (Å²) in [5, 5.41) is 12.2. The first kappa shape index (κ1) is 19.3. The third kappa shape index (κ3) is 5.74. The number of nitrogens with one attached hydrogen (secondary N) is 1. The molecule has 1 heterocycles. The Labute approximate surface area is 135 Å². The van der Waals surface area contributed by atoms with Crippen LogP contribution in [0.3, 0.4) is 0 Å². The monoisotopic (exact) mass is 344 g/mol. The number of aromatic hydroxyl groups is 1. The summed E-state index contributed by atoms with van der Waals surface area (Å²) < 4.78 is 21.9. The molecule has 1 aromatic heterocycles. The average Bonchev–Trinajstić information content (AvgIpc) is 2.47. The summed E-state index contributed by atoms with van der Waals surface area (Å²) >= 11 is 0. The number of rotatable bonds is 8. The van der Waals surface area contributed by atoms with Gasteiger partial charge in [0, 0.05) is 11.8 Å². The lowest BCUT2D eigenvalue weighted by Gasteiger charge is -2.15. The standard InChI is InChI=1S/C14H21N2O6P/c1-8(2)22-14(19)10(4)16-23(20)21-7-11-5-15-9(3)13(18)12(11)6-17/h5-6,8,10,18,23H,7H2,1-4H3,(H,16,20)/t10-/m0/s1. The van der Waals surface area contributed by atoms with Crippen LogP contribution in [0.4, 0.5) is 0 Å². The van der Waals surface area contributed by atoms with Crippen LogP contribution in [-0.4, -0.2) is 34.5 Å². The lowest BCUT2D eigenvalue weighted by Crippen LogP contribution is -2.32. The third-order valence-electron chi connectivity index (χ3n) is 2.87. The molecule has 0 aromatic carbocycles. The predicted molar refractivity (Wildman–Crippen MR) is 83.6 cm³/mol. The summed E-state index contributed by atoms with van der Waals surface area (Å²) in [7, 11) is -2.74. The van der Waals surface area contributed by atoms with Crippen LogP contribution in [0.5, 0.6) is 5.75 Å². The van der Waals surface area contributed by atoms with Crippen LogP contribution in [0.25, 0.3) is 0 Å². The van der Waals surface area contributed by atoms with Gasteiger partial charge in [-0.2, -0.15) is 0 Å². The van der Waals surface area contributed by atoms with Gasteiger partial charge in [-0.05, 0) is 27.7 Å². The first-order valence-electron chi connectivity index (χ1n) is 7.02. The van der Waals surface area contributed by atoms with E-state index >= 15 is 0 Å². The van der Waals surface area contributed by atoms with Crippen LogP contribution in [0.1, 0.15) is 42.4 Å². The number of ether oxygens (including phenoxy) is 1. The normalized spacial score (nSPS) is 13.6. The smallest absolute Gasteiger partial charge is 0.323 e. The highest BCUT2D eigenvalue weighted by Gasteiger charge is 2.18. The molecule has 0 bridgehead atoms.